The molecule has 2 fully saturated rings. The number of hydrogen-bond acceptors (Lipinski definition) is 11. The molecular weight excluding hydrogens is 452 g/mol. The number of anilines is 1. The number of thiazole rings is 1. The van der Waals surface area contributed by atoms with E-state index in [-0.39, 0.29) is 35.9 Å². The maximum atomic E-state index is 12.6. The van der Waals surface area contributed by atoms with Gasteiger partial charge in [0.15, 0.2) is 5.13 Å². The van der Waals surface area contributed by atoms with Crippen LogP contribution in [0.1, 0.15) is 5.69 Å². The summed E-state index contributed by atoms with van der Waals surface area (Å²) in [5.74, 6) is -1.04. The number of carbonyl (C=O) groups excluding carboxylic acids is 2. The monoisotopic (exact) mass is 470 g/mol. The van der Waals surface area contributed by atoms with E-state index in [0.29, 0.717) is 21.7 Å². The van der Waals surface area contributed by atoms with Gasteiger partial charge in [-0.15, -0.1) is 28.2 Å². The van der Waals surface area contributed by atoms with Crippen LogP contribution in [0.5, 0.6) is 0 Å². The number of aryl methyl sites for hydroxylation is 1. The van der Waals surface area contributed by atoms with Crippen LogP contribution in [0.3, 0.4) is 0 Å². The maximum Gasteiger partial charge on any atom is 0.313 e. The van der Waals surface area contributed by atoms with Gasteiger partial charge < -0.3 is 21.1 Å². The first-order valence-corrected chi connectivity index (χ1v) is 11.7. The molecule has 0 radical (unpaired) electrons. The van der Waals surface area contributed by atoms with Gasteiger partial charge in [-0.05, 0) is 10.4 Å². The Bertz CT molecular complexity index is 996. The summed E-state index contributed by atoms with van der Waals surface area (Å²) < 4.78 is 1.47. The Kier molecular flexibility index (Phi) is 5.59. The van der Waals surface area contributed by atoms with Gasteiger partial charge in [-0.1, -0.05) is 11.8 Å². The standard InChI is InChI=1S/C15H18N8O4S3/c1-22-14(19-20-21-22)30-6-15(12(26)27)4-23-10(25)9(11(23)29-5-15)18-8(24)2-7-3-28-13(16)17-7/h3,9,11H,2,4-6H2,1H3,(H2,16,17)(H,18,24)(H,26,27)/t9?,11-,15?/m1/s1. The number of thioether (sulfide) groups is 2. The van der Waals surface area contributed by atoms with Crippen molar-refractivity contribution in [1.29, 1.82) is 0 Å². The number of nitrogen functional groups attached to an aromatic ring is 1. The van der Waals surface area contributed by atoms with E-state index in [1.54, 1.807) is 12.4 Å². The second kappa shape index (κ2) is 8.03. The van der Waals surface area contributed by atoms with Gasteiger partial charge in [0.25, 0.3) is 0 Å². The molecule has 4 N–H and O–H groups in total. The number of fused-ring (bicyclic) bond motifs is 1. The van der Waals surface area contributed by atoms with E-state index in [1.165, 1.54) is 44.4 Å². The quantitative estimate of drug-likeness (QED) is 0.337. The van der Waals surface area contributed by atoms with E-state index in [1.807, 2.05) is 0 Å². The maximum absolute atomic E-state index is 12.6. The first-order valence-electron chi connectivity index (χ1n) is 8.79. The van der Waals surface area contributed by atoms with Crippen LogP contribution in [0.25, 0.3) is 0 Å². The lowest BCUT2D eigenvalue weighted by Crippen LogP contribution is -2.74. The van der Waals surface area contributed by atoms with Crippen LogP contribution in [0.4, 0.5) is 5.13 Å². The Morgan fingerprint density at radius 3 is 2.93 bits per heavy atom. The number of hydrogen-bond donors (Lipinski definition) is 3. The number of amides is 2. The largest absolute Gasteiger partial charge is 0.481 e. The molecule has 4 rings (SSSR count). The Labute approximate surface area is 183 Å². The molecule has 2 aliphatic rings. The fraction of sp³-hybridized carbons (Fsp3) is 0.533. The minimum atomic E-state index is -1.12. The van der Waals surface area contributed by atoms with Gasteiger partial charge in [-0.2, -0.15) is 0 Å². The second-order valence-electron chi connectivity index (χ2n) is 7.03. The summed E-state index contributed by atoms with van der Waals surface area (Å²) in [5.41, 5.74) is 4.99. The number of nitrogens with one attached hydrogen (secondary N) is 1. The highest BCUT2D eigenvalue weighted by Gasteiger charge is 2.57. The van der Waals surface area contributed by atoms with Crippen LogP contribution < -0.4 is 11.1 Å². The van der Waals surface area contributed by atoms with E-state index >= 15 is 0 Å². The van der Waals surface area contributed by atoms with Crippen LogP contribution in [0, 0.1) is 5.41 Å². The zero-order valence-corrected chi connectivity index (χ0v) is 18.2. The van der Waals surface area contributed by atoms with Gasteiger partial charge in [0.1, 0.15) is 16.8 Å². The van der Waals surface area contributed by atoms with E-state index in [2.05, 4.69) is 25.8 Å². The molecule has 2 aromatic heterocycles. The van der Waals surface area contributed by atoms with Crippen molar-refractivity contribution in [3.63, 3.8) is 0 Å². The molecule has 2 amide bonds. The van der Waals surface area contributed by atoms with E-state index in [4.69, 9.17) is 5.73 Å². The number of carboxylic acids is 1. The molecule has 2 aromatic rings. The molecule has 0 saturated carbocycles. The molecule has 160 valence electrons. The summed E-state index contributed by atoms with van der Waals surface area (Å²) in [4.78, 5) is 42.5. The van der Waals surface area contributed by atoms with Crippen molar-refractivity contribution in [1.82, 2.24) is 35.4 Å². The number of aromatic nitrogens is 5. The number of β-lactam (4-membered cyclic amide) rings is 1. The minimum Gasteiger partial charge on any atom is -0.481 e. The number of rotatable bonds is 7. The van der Waals surface area contributed by atoms with Crippen LogP contribution in [-0.4, -0.2) is 82.4 Å². The highest BCUT2D eigenvalue weighted by atomic mass is 32.2. The SMILES string of the molecule is Cn1nnnc1SCC1(C(=O)O)CS[C@@H]2C(NC(=O)Cc3csc(N)n3)C(=O)N2C1. The summed E-state index contributed by atoms with van der Waals surface area (Å²) in [6.45, 7) is 0.0755. The van der Waals surface area contributed by atoms with Gasteiger partial charge in [0.2, 0.25) is 17.0 Å². The fourth-order valence-electron chi connectivity index (χ4n) is 3.25. The molecular formula is C15H18N8O4S3. The van der Waals surface area contributed by atoms with Crippen LogP contribution in [-0.2, 0) is 27.9 Å². The van der Waals surface area contributed by atoms with Gasteiger partial charge in [0, 0.05) is 30.5 Å². The molecule has 2 aliphatic heterocycles. The third kappa shape index (κ3) is 3.83. The molecule has 0 spiro atoms. The first-order chi connectivity index (χ1) is 14.3. The Morgan fingerprint density at radius 2 is 2.30 bits per heavy atom. The van der Waals surface area contributed by atoms with Crippen LogP contribution >= 0.6 is 34.9 Å². The lowest BCUT2D eigenvalue weighted by atomic mass is 9.89. The van der Waals surface area contributed by atoms with Crippen molar-refractivity contribution >= 4 is 57.8 Å². The number of nitrogens with two attached hydrogens (primary N) is 1. The van der Waals surface area contributed by atoms with Crippen molar-refractivity contribution in [2.24, 2.45) is 12.5 Å². The highest BCUT2D eigenvalue weighted by Crippen LogP contribution is 2.44. The number of tetrazole rings is 1. The number of aliphatic carboxylic acids is 1. The fourth-order valence-corrected chi connectivity index (χ4v) is 6.52. The summed E-state index contributed by atoms with van der Waals surface area (Å²) in [6.07, 6.45) is 0.0380. The van der Waals surface area contributed by atoms with E-state index in [9.17, 15) is 19.5 Å². The second-order valence-corrected chi connectivity index (χ2v) is 9.96. The summed E-state index contributed by atoms with van der Waals surface area (Å²) >= 11 is 3.84. The van der Waals surface area contributed by atoms with Crippen LogP contribution in [0.2, 0.25) is 0 Å². The molecule has 3 atom stereocenters. The average molecular weight is 471 g/mol. The summed E-state index contributed by atoms with van der Waals surface area (Å²) in [7, 11) is 1.67. The summed E-state index contributed by atoms with van der Waals surface area (Å²) in [6, 6.07) is -0.666. The number of carboxylic acid groups (broad SMARTS) is 1. The minimum absolute atomic E-state index is 0.0380. The number of nitrogens with zero attached hydrogens (tertiary/aromatic N) is 6. The zero-order chi connectivity index (χ0) is 21.5. The first kappa shape index (κ1) is 20.9. The Morgan fingerprint density at radius 1 is 1.50 bits per heavy atom. The Balaban J connectivity index is 1.37. The predicted octanol–water partition coefficient (Wildman–Crippen LogP) is -0.945. The molecule has 0 bridgehead atoms. The zero-order valence-electron chi connectivity index (χ0n) is 15.7. The smallest absolute Gasteiger partial charge is 0.313 e. The molecule has 12 nitrogen and oxygen atoms in total. The summed E-state index contributed by atoms with van der Waals surface area (Å²) in [5, 5.41) is 26.0. The number of carbonyl (C=O) groups is 3. The Hall–Kier alpha value is -2.39. The third-order valence-electron chi connectivity index (χ3n) is 4.89. The topological polar surface area (TPSA) is 169 Å². The molecule has 2 saturated heterocycles. The van der Waals surface area contributed by atoms with Gasteiger partial charge in [-0.3, -0.25) is 14.4 Å². The lowest BCUT2D eigenvalue weighted by Gasteiger charge is -2.53. The van der Waals surface area contributed by atoms with Crippen molar-refractivity contribution in [3.8, 4) is 0 Å². The molecule has 0 aliphatic carbocycles. The predicted molar refractivity (Wildman–Crippen MR) is 110 cm³/mol. The van der Waals surface area contributed by atoms with E-state index < -0.39 is 17.4 Å². The highest BCUT2D eigenvalue weighted by molar-refractivity contribution is 8.00. The molecule has 4 heterocycles. The average Bonchev–Trinajstić information content (AvgIpc) is 3.31. The van der Waals surface area contributed by atoms with Crippen molar-refractivity contribution in [2.45, 2.75) is 23.0 Å². The molecule has 2 unspecified atom stereocenters. The lowest BCUT2D eigenvalue weighted by molar-refractivity contribution is -0.157. The van der Waals surface area contributed by atoms with E-state index in [0.717, 1.165) is 0 Å². The van der Waals surface area contributed by atoms with Gasteiger partial charge in [0.05, 0.1) is 12.1 Å². The van der Waals surface area contributed by atoms with Crippen molar-refractivity contribution in [3.05, 3.63) is 11.1 Å². The van der Waals surface area contributed by atoms with Crippen LogP contribution in [0.15, 0.2) is 10.5 Å². The molecule has 30 heavy (non-hydrogen) atoms. The van der Waals surface area contributed by atoms with Gasteiger partial charge >= 0.3 is 5.97 Å². The van der Waals surface area contributed by atoms with Gasteiger partial charge in [-0.25, -0.2) is 9.67 Å². The van der Waals surface area contributed by atoms with Crippen molar-refractivity contribution < 1.29 is 19.5 Å². The van der Waals surface area contributed by atoms with Crippen molar-refractivity contribution in [2.75, 3.05) is 23.8 Å². The molecule has 15 heteroatoms. The molecule has 0 aromatic carbocycles. The third-order valence-corrected chi connectivity index (χ3v) is 8.50. The normalized spacial score (nSPS) is 25.5.